The molecule has 1 aromatic heterocycles. The number of fused-ring (bicyclic) bond motifs is 1. The molecule has 0 atom stereocenters. The van der Waals surface area contributed by atoms with Gasteiger partial charge in [-0.05, 0) is 27.6 Å². The first kappa shape index (κ1) is 7.83. The van der Waals surface area contributed by atoms with Gasteiger partial charge in [-0.25, -0.2) is 0 Å². The van der Waals surface area contributed by atoms with Gasteiger partial charge >= 0.3 is 0 Å². The number of aromatic nitrogens is 1. The van der Waals surface area contributed by atoms with Crippen LogP contribution < -0.4 is 5.73 Å². The SMILES string of the molecule is NCc1cccc2cc(Br)[nH]c12. The van der Waals surface area contributed by atoms with E-state index < -0.39 is 0 Å². The summed E-state index contributed by atoms with van der Waals surface area (Å²) in [5.41, 5.74) is 7.87. The highest BCUT2D eigenvalue weighted by molar-refractivity contribution is 9.10. The highest BCUT2D eigenvalue weighted by Gasteiger charge is 2.01. The Balaban J connectivity index is 2.78. The van der Waals surface area contributed by atoms with Gasteiger partial charge in [-0.2, -0.15) is 0 Å². The lowest BCUT2D eigenvalue weighted by molar-refractivity contribution is 1.08. The molecule has 0 spiro atoms. The van der Waals surface area contributed by atoms with E-state index in [0.717, 1.165) is 15.7 Å². The number of hydrogen-bond acceptors (Lipinski definition) is 1. The zero-order chi connectivity index (χ0) is 8.55. The molecule has 2 rings (SSSR count). The number of hydrogen-bond donors (Lipinski definition) is 2. The van der Waals surface area contributed by atoms with Crippen LogP contribution in [-0.2, 0) is 6.54 Å². The summed E-state index contributed by atoms with van der Waals surface area (Å²) < 4.78 is 0.999. The summed E-state index contributed by atoms with van der Waals surface area (Å²) in [7, 11) is 0. The normalized spacial score (nSPS) is 10.8. The molecule has 0 radical (unpaired) electrons. The summed E-state index contributed by atoms with van der Waals surface area (Å²) in [5.74, 6) is 0. The van der Waals surface area contributed by atoms with Crippen LogP contribution in [0.1, 0.15) is 5.56 Å². The maximum atomic E-state index is 5.59. The largest absolute Gasteiger partial charge is 0.349 e. The second-order valence-corrected chi connectivity index (χ2v) is 3.56. The molecule has 0 aliphatic rings. The van der Waals surface area contributed by atoms with E-state index in [1.807, 2.05) is 12.1 Å². The summed E-state index contributed by atoms with van der Waals surface area (Å²) >= 11 is 3.39. The van der Waals surface area contributed by atoms with Crippen LogP contribution in [0.3, 0.4) is 0 Å². The molecule has 3 N–H and O–H groups in total. The molecule has 0 unspecified atom stereocenters. The molecule has 0 fully saturated rings. The van der Waals surface area contributed by atoms with Crippen LogP contribution in [0, 0.1) is 0 Å². The molecule has 0 bridgehead atoms. The lowest BCUT2D eigenvalue weighted by atomic mass is 10.1. The van der Waals surface area contributed by atoms with Crippen LogP contribution in [0.15, 0.2) is 28.9 Å². The van der Waals surface area contributed by atoms with Gasteiger partial charge in [-0.15, -0.1) is 0 Å². The first-order chi connectivity index (χ1) is 5.81. The minimum atomic E-state index is 0.574. The topological polar surface area (TPSA) is 41.8 Å². The number of nitrogens with one attached hydrogen (secondary N) is 1. The van der Waals surface area contributed by atoms with Gasteiger partial charge in [0.15, 0.2) is 0 Å². The third-order valence-electron chi connectivity index (χ3n) is 1.93. The summed E-state index contributed by atoms with van der Waals surface area (Å²) in [5, 5.41) is 1.20. The van der Waals surface area contributed by atoms with E-state index in [2.05, 4.69) is 33.0 Å². The van der Waals surface area contributed by atoms with Crippen molar-refractivity contribution in [1.29, 1.82) is 0 Å². The van der Waals surface area contributed by atoms with E-state index in [1.165, 1.54) is 5.39 Å². The number of aromatic amines is 1. The second-order valence-electron chi connectivity index (χ2n) is 2.70. The number of H-pyrrole nitrogens is 1. The minimum absolute atomic E-state index is 0.574. The summed E-state index contributed by atoms with van der Waals surface area (Å²) in [6, 6.07) is 8.17. The Bertz CT molecular complexity index is 406. The van der Waals surface area contributed by atoms with Gasteiger partial charge in [0.05, 0.1) is 10.1 Å². The van der Waals surface area contributed by atoms with Crippen molar-refractivity contribution in [3.63, 3.8) is 0 Å². The molecule has 0 aliphatic carbocycles. The number of benzene rings is 1. The van der Waals surface area contributed by atoms with Crippen LogP contribution in [0.2, 0.25) is 0 Å². The van der Waals surface area contributed by atoms with Gasteiger partial charge in [-0.3, -0.25) is 0 Å². The van der Waals surface area contributed by atoms with Crippen molar-refractivity contribution in [2.24, 2.45) is 5.73 Å². The van der Waals surface area contributed by atoms with Crippen molar-refractivity contribution < 1.29 is 0 Å². The van der Waals surface area contributed by atoms with Gasteiger partial charge in [0.25, 0.3) is 0 Å². The first-order valence-corrected chi connectivity index (χ1v) is 4.57. The highest BCUT2D eigenvalue weighted by atomic mass is 79.9. The van der Waals surface area contributed by atoms with Gasteiger partial charge < -0.3 is 10.7 Å². The van der Waals surface area contributed by atoms with E-state index in [0.29, 0.717) is 6.54 Å². The number of nitrogens with two attached hydrogens (primary N) is 1. The van der Waals surface area contributed by atoms with Gasteiger partial charge in [0.1, 0.15) is 0 Å². The monoisotopic (exact) mass is 224 g/mol. The molecule has 3 heteroatoms. The Morgan fingerprint density at radius 3 is 3.00 bits per heavy atom. The van der Waals surface area contributed by atoms with Crippen molar-refractivity contribution in [1.82, 2.24) is 4.98 Å². The highest BCUT2D eigenvalue weighted by Crippen LogP contribution is 2.21. The Morgan fingerprint density at radius 2 is 2.25 bits per heavy atom. The third kappa shape index (κ3) is 1.15. The van der Waals surface area contributed by atoms with E-state index >= 15 is 0 Å². The van der Waals surface area contributed by atoms with Crippen LogP contribution in [0.4, 0.5) is 0 Å². The summed E-state index contributed by atoms with van der Waals surface area (Å²) in [6.07, 6.45) is 0. The Hall–Kier alpha value is -0.800. The first-order valence-electron chi connectivity index (χ1n) is 3.77. The lowest BCUT2D eigenvalue weighted by Gasteiger charge is -1.97. The molecular formula is C9H9BrN2. The lowest BCUT2D eigenvalue weighted by Crippen LogP contribution is -1.96. The number of para-hydroxylation sites is 1. The molecule has 0 saturated carbocycles. The summed E-state index contributed by atoms with van der Waals surface area (Å²) in [6.45, 7) is 0.574. The number of halogens is 1. The Morgan fingerprint density at radius 1 is 1.42 bits per heavy atom. The van der Waals surface area contributed by atoms with Gasteiger partial charge in [0.2, 0.25) is 0 Å². The van der Waals surface area contributed by atoms with Crippen LogP contribution in [-0.4, -0.2) is 4.98 Å². The average molecular weight is 225 g/mol. The molecule has 1 heterocycles. The minimum Gasteiger partial charge on any atom is -0.349 e. The maximum Gasteiger partial charge on any atom is 0.0831 e. The van der Waals surface area contributed by atoms with Crippen molar-refractivity contribution >= 4 is 26.8 Å². The Kier molecular flexibility index (Phi) is 1.90. The van der Waals surface area contributed by atoms with Crippen molar-refractivity contribution in [2.45, 2.75) is 6.54 Å². The number of rotatable bonds is 1. The van der Waals surface area contributed by atoms with Crippen molar-refractivity contribution in [3.05, 3.63) is 34.4 Å². The van der Waals surface area contributed by atoms with E-state index in [-0.39, 0.29) is 0 Å². The van der Waals surface area contributed by atoms with Crippen LogP contribution in [0.25, 0.3) is 10.9 Å². The fourth-order valence-electron chi connectivity index (χ4n) is 1.35. The van der Waals surface area contributed by atoms with E-state index in [4.69, 9.17) is 5.73 Å². The maximum absolute atomic E-state index is 5.59. The van der Waals surface area contributed by atoms with E-state index in [9.17, 15) is 0 Å². The summed E-state index contributed by atoms with van der Waals surface area (Å²) in [4.78, 5) is 3.21. The fourth-order valence-corrected chi connectivity index (χ4v) is 1.80. The molecule has 0 aliphatic heterocycles. The van der Waals surface area contributed by atoms with E-state index in [1.54, 1.807) is 0 Å². The zero-order valence-corrected chi connectivity index (χ0v) is 8.06. The molecule has 2 aromatic rings. The molecule has 2 nitrogen and oxygen atoms in total. The predicted molar refractivity (Wildman–Crippen MR) is 53.9 cm³/mol. The van der Waals surface area contributed by atoms with Gasteiger partial charge in [-0.1, -0.05) is 18.2 Å². The van der Waals surface area contributed by atoms with Crippen molar-refractivity contribution in [3.8, 4) is 0 Å². The van der Waals surface area contributed by atoms with Crippen LogP contribution >= 0.6 is 15.9 Å². The van der Waals surface area contributed by atoms with Crippen molar-refractivity contribution in [2.75, 3.05) is 0 Å². The molecule has 0 saturated heterocycles. The quantitative estimate of drug-likeness (QED) is 0.768. The molecular weight excluding hydrogens is 216 g/mol. The molecule has 62 valence electrons. The third-order valence-corrected chi connectivity index (χ3v) is 2.36. The average Bonchev–Trinajstić information content (AvgIpc) is 2.44. The molecule has 1 aromatic carbocycles. The zero-order valence-electron chi connectivity index (χ0n) is 6.47. The van der Waals surface area contributed by atoms with Crippen LogP contribution in [0.5, 0.6) is 0 Å². The fraction of sp³-hybridized carbons (Fsp3) is 0.111. The smallest absolute Gasteiger partial charge is 0.0831 e. The predicted octanol–water partition coefficient (Wildman–Crippen LogP) is 2.39. The van der Waals surface area contributed by atoms with Gasteiger partial charge in [0, 0.05) is 11.9 Å². The Labute approximate surface area is 78.9 Å². The molecule has 12 heavy (non-hydrogen) atoms. The molecule has 0 amide bonds. The standard InChI is InChI=1S/C9H9BrN2/c10-8-4-6-2-1-3-7(5-11)9(6)12-8/h1-4,12H,5,11H2. The second kappa shape index (κ2) is 2.92.